The number of nitrogens with zero attached hydrogens (tertiary/aromatic N) is 2. The summed E-state index contributed by atoms with van der Waals surface area (Å²) in [6.45, 7) is 0.158. The maximum Gasteiger partial charge on any atom is 0.211 e. The molecule has 94 valence electrons. The van der Waals surface area contributed by atoms with Crippen molar-refractivity contribution in [3.05, 3.63) is 23.8 Å². The van der Waals surface area contributed by atoms with E-state index < -0.39 is 0 Å². The van der Waals surface area contributed by atoms with Gasteiger partial charge in [0.05, 0.1) is 13.3 Å². The minimum atomic E-state index is -0.108. The van der Waals surface area contributed by atoms with Crippen molar-refractivity contribution in [2.24, 2.45) is 21.7 Å². The van der Waals surface area contributed by atoms with E-state index in [1.165, 1.54) is 6.21 Å². The van der Waals surface area contributed by atoms with Crippen molar-refractivity contribution < 1.29 is 9.47 Å². The van der Waals surface area contributed by atoms with E-state index in [0.29, 0.717) is 11.5 Å². The van der Waals surface area contributed by atoms with E-state index in [2.05, 4.69) is 16.1 Å². The second kappa shape index (κ2) is 6.81. The molecule has 0 saturated heterocycles. The van der Waals surface area contributed by atoms with Crippen LogP contribution in [-0.2, 0) is 0 Å². The van der Waals surface area contributed by atoms with Crippen LogP contribution in [0, 0.1) is 12.3 Å². The summed E-state index contributed by atoms with van der Waals surface area (Å²) in [5, 5.41) is 7.19. The van der Waals surface area contributed by atoms with Gasteiger partial charge in [0.1, 0.15) is 6.61 Å². The van der Waals surface area contributed by atoms with Gasteiger partial charge in [0.25, 0.3) is 0 Å². The maximum atomic E-state index is 5.34. The third-order valence-corrected chi connectivity index (χ3v) is 1.88. The average Bonchev–Trinajstić information content (AvgIpc) is 2.36. The van der Waals surface area contributed by atoms with Crippen molar-refractivity contribution in [3.63, 3.8) is 0 Å². The molecule has 18 heavy (non-hydrogen) atoms. The molecular weight excluding hydrogens is 232 g/mol. The van der Waals surface area contributed by atoms with Gasteiger partial charge in [-0.2, -0.15) is 5.10 Å². The average molecular weight is 246 g/mol. The predicted molar refractivity (Wildman–Crippen MR) is 70.7 cm³/mol. The van der Waals surface area contributed by atoms with Crippen LogP contribution in [0.25, 0.3) is 0 Å². The van der Waals surface area contributed by atoms with Crippen LogP contribution in [0.2, 0.25) is 0 Å². The Morgan fingerprint density at radius 2 is 2.22 bits per heavy atom. The Hall–Kier alpha value is -2.68. The number of hydrogen-bond donors (Lipinski definition) is 2. The third-order valence-electron chi connectivity index (χ3n) is 1.88. The minimum Gasteiger partial charge on any atom is -0.493 e. The largest absolute Gasteiger partial charge is 0.493 e. The normalized spacial score (nSPS) is 9.78. The second-order valence-corrected chi connectivity index (χ2v) is 3.17. The van der Waals surface area contributed by atoms with Gasteiger partial charge in [-0.1, -0.05) is 5.92 Å². The van der Waals surface area contributed by atoms with E-state index in [0.717, 1.165) is 5.56 Å². The fourth-order valence-electron chi connectivity index (χ4n) is 1.17. The van der Waals surface area contributed by atoms with Gasteiger partial charge in [0.15, 0.2) is 11.5 Å². The predicted octanol–water partition coefficient (Wildman–Crippen LogP) is 0.314. The van der Waals surface area contributed by atoms with E-state index >= 15 is 0 Å². The molecule has 0 aliphatic rings. The molecule has 0 unspecified atom stereocenters. The maximum absolute atomic E-state index is 5.34. The highest BCUT2D eigenvalue weighted by atomic mass is 16.5. The summed E-state index contributed by atoms with van der Waals surface area (Å²) in [7, 11) is 1.55. The Kier molecular flexibility index (Phi) is 5.06. The number of nitrogens with two attached hydrogens (primary N) is 2. The number of hydrogen-bond acceptors (Lipinski definition) is 4. The summed E-state index contributed by atoms with van der Waals surface area (Å²) in [6, 6.07) is 5.25. The van der Waals surface area contributed by atoms with Gasteiger partial charge in [-0.05, 0) is 23.8 Å². The zero-order valence-electron chi connectivity index (χ0n) is 9.96. The first-order valence-electron chi connectivity index (χ1n) is 5.03. The van der Waals surface area contributed by atoms with Gasteiger partial charge in [0.2, 0.25) is 5.96 Å². The van der Waals surface area contributed by atoms with Crippen LogP contribution >= 0.6 is 0 Å². The van der Waals surface area contributed by atoms with E-state index in [1.807, 2.05) is 0 Å². The Morgan fingerprint density at radius 1 is 1.44 bits per heavy atom. The van der Waals surface area contributed by atoms with Gasteiger partial charge >= 0.3 is 0 Å². The van der Waals surface area contributed by atoms with Crippen molar-refractivity contribution in [1.29, 1.82) is 0 Å². The van der Waals surface area contributed by atoms with Crippen LogP contribution in [0.15, 0.2) is 28.4 Å². The lowest BCUT2D eigenvalue weighted by atomic mass is 10.2. The van der Waals surface area contributed by atoms with Crippen LogP contribution in [0.1, 0.15) is 5.56 Å². The Balaban J connectivity index is 2.92. The number of terminal acetylenes is 1. The van der Waals surface area contributed by atoms with Crippen LogP contribution in [0.3, 0.4) is 0 Å². The Labute approximate surface area is 105 Å². The number of benzene rings is 1. The van der Waals surface area contributed by atoms with Gasteiger partial charge < -0.3 is 20.9 Å². The van der Waals surface area contributed by atoms with Crippen molar-refractivity contribution in [2.75, 3.05) is 13.7 Å². The molecule has 6 heteroatoms. The molecular formula is C12H14N4O2. The van der Waals surface area contributed by atoms with E-state index in [-0.39, 0.29) is 12.6 Å². The quantitative estimate of drug-likeness (QED) is 0.338. The molecule has 6 nitrogen and oxygen atoms in total. The second-order valence-electron chi connectivity index (χ2n) is 3.17. The summed E-state index contributed by atoms with van der Waals surface area (Å²) in [5.74, 6) is 3.39. The molecule has 0 saturated carbocycles. The fraction of sp³-hybridized carbons (Fsp3) is 0.167. The molecule has 1 aromatic carbocycles. The first-order valence-corrected chi connectivity index (χ1v) is 5.03. The van der Waals surface area contributed by atoms with Crippen LogP contribution in [0.5, 0.6) is 11.5 Å². The highest BCUT2D eigenvalue weighted by molar-refractivity contribution is 5.82. The molecule has 0 heterocycles. The summed E-state index contributed by atoms with van der Waals surface area (Å²) in [6.07, 6.45) is 6.62. The highest BCUT2D eigenvalue weighted by Gasteiger charge is 2.04. The first-order chi connectivity index (χ1) is 8.67. The molecule has 1 rings (SSSR count). The Morgan fingerprint density at radius 3 is 2.83 bits per heavy atom. The van der Waals surface area contributed by atoms with Crippen molar-refractivity contribution >= 4 is 12.2 Å². The zero-order chi connectivity index (χ0) is 13.4. The van der Waals surface area contributed by atoms with Crippen molar-refractivity contribution in [1.82, 2.24) is 0 Å². The topological polar surface area (TPSA) is 95.2 Å². The first kappa shape index (κ1) is 13.4. The molecule has 0 aliphatic carbocycles. The summed E-state index contributed by atoms with van der Waals surface area (Å²) in [4.78, 5) is 0. The molecule has 0 bridgehead atoms. The van der Waals surface area contributed by atoms with Crippen LogP contribution in [-0.4, -0.2) is 25.9 Å². The number of guanidine groups is 1. The van der Waals surface area contributed by atoms with E-state index in [1.54, 1.807) is 25.3 Å². The molecule has 0 amide bonds. The van der Waals surface area contributed by atoms with Gasteiger partial charge in [-0.25, -0.2) is 0 Å². The summed E-state index contributed by atoms with van der Waals surface area (Å²) >= 11 is 0. The van der Waals surface area contributed by atoms with Crippen LogP contribution in [0.4, 0.5) is 0 Å². The Bertz CT molecular complexity index is 499. The molecule has 0 aromatic heterocycles. The minimum absolute atomic E-state index is 0.108. The standard InChI is InChI=1S/C12H14N4O2/c1-3-6-18-11-7-9(4-5-10(11)17-2)8-15-16-12(13)14/h1,4-5,7-8H,6H2,2H3,(H4,13,14,16). The SMILES string of the molecule is C#CCOc1cc(C=NN=C(N)N)ccc1OC. The number of methoxy groups -OCH3 is 1. The number of ether oxygens (including phenoxy) is 2. The molecule has 4 N–H and O–H groups in total. The van der Waals surface area contributed by atoms with E-state index in [9.17, 15) is 0 Å². The third kappa shape index (κ3) is 4.06. The van der Waals surface area contributed by atoms with Crippen LogP contribution < -0.4 is 20.9 Å². The zero-order valence-corrected chi connectivity index (χ0v) is 9.96. The molecule has 0 fully saturated rings. The summed E-state index contributed by atoms with van der Waals surface area (Å²) in [5.41, 5.74) is 11.0. The highest BCUT2D eigenvalue weighted by Crippen LogP contribution is 2.27. The lowest BCUT2D eigenvalue weighted by Crippen LogP contribution is -2.21. The molecule has 0 aliphatic heterocycles. The molecule has 0 spiro atoms. The van der Waals surface area contributed by atoms with E-state index in [4.69, 9.17) is 27.4 Å². The molecule has 0 radical (unpaired) electrons. The fourth-order valence-corrected chi connectivity index (χ4v) is 1.17. The van der Waals surface area contributed by atoms with Gasteiger partial charge in [-0.15, -0.1) is 11.5 Å². The van der Waals surface area contributed by atoms with Gasteiger partial charge in [0, 0.05) is 0 Å². The smallest absolute Gasteiger partial charge is 0.211 e. The van der Waals surface area contributed by atoms with Crippen molar-refractivity contribution in [2.45, 2.75) is 0 Å². The number of rotatable bonds is 5. The monoisotopic (exact) mass is 246 g/mol. The molecule has 1 aromatic rings. The summed E-state index contributed by atoms with van der Waals surface area (Å²) < 4.78 is 10.5. The van der Waals surface area contributed by atoms with Crippen molar-refractivity contribution in [3.8, 4) is 23.8 Å². The van der Waals surface area contributed by atoms with Gasteiger partial charge in [-0.3, -0.25) is 0 Å². The molecule has 0 atom stereocenters. The lowest BCUT2D eigenvalue weighted by molar-refractivity contribution is 0.331. The lowest BCUT2D eigenvalue weighted by Gasteiger charge is -2.08.